The lowest BCUT2D eigenvalue weighted by molar-refractivity contribution is -0.116. The van der Waals surface area contributed by atoms with Gasteiger partial charge >= 0.3 is 0 Å². The number of methoxy groups -OCH3 is 1. The quantitative estimate of drug-likeness (QED) is 0.689. The highest BCUT2D eigenvalue weighted by Crippen LogP contribution is 2.21. The van der Waals surface area contributed by atoms with Gasteiger partial charge in [-0.15, -0.1) is 0 Å². The average Bonchev–Trinajstić information content (AvgIpc) is 3.15. The van der Waals surface area contributed by atoms with Crippen LogP contribution in [-0.2, 0) is 11.3 Å². The van der Waals surface area contributed by atoms with Crippen LogP contribution in [0.3, 0.4) is 0 Å². The number of ether oxygens (including phenoxy) is 1. The Morgan fingerprint density at radius 3 is 2.85 bits per heavy atom. The number of halogens is 1. The van der Waals surface area contributed by atoms with Gasteiger partial charge in [-0.25, -0.2) is 4.39 Å². The predicted molar refractivity (Wildman–Crippen MR) is 93.6 cm³/mol. The van der Waals surface area contributed by atoms with E-state index in [1.807, 2.05) is 18.2 Å². The number of nitrogens with zero attached hydrogens (tertiary/aromatic N) is 2. The lowest BCUT2D eigenvalue weighted by Gasteiger charge is -2.00. The summed E-state index contributed by atoms with van der Waals surface area (Å²) < 4.78 is 23.1. The van der Waals surface area contributed by atoms with E-state index in [2.05, 4.69) is 15.5 Å². The van der Waals surface area contributed by atoms with Gasteiger partial charge in [-0.2, -0.15) is 4.98 Å². The van der Waals surface area contributed by atoms with Gasteiger partial charge in [0.25, 0.3) is 0 Å². The number of amides is 1. The molecule has 0 aliphatic rings. The summed E-state index contributed by atoms with van der Waals surface area (Å²) in [5, 5.41) is 6.54. The first-order valence-corrected chi connectivity index (χ1v) is 7.82. The molecule has 0 aliphatic carbocycles. The van der Waals surface area contributed by atoms with Crippen molar-refractivity contribution in [2.24, 2.45) is 0 Å². The van der Waals surface area contributed by atoms with Gasteiger partial charge in [0.1, 0.15) is 11.6 Å². The van der Waals surface area contributed by atoms with Crippen LogP contribution in [0.25, 0.3) is 17.5 Å². The Balaban J connectivity index is 1.57. The van der Waals surface area contributed by atoms with Gasteiger partial charge < -0.3 is 14.6 Å². The molecule has 0 radical (unpaired) electrons. The molecule has 3 aromatic rings. The van der Waals surface area contributed by atoms with Crippen molar-refractivity contribution in [3.05, 3.63) is 71.9 Å². The second-order valence-electron chi connectivity index (χ2n) is 5.35. The first-order chi connectivity index (χ1) is 12.6. The topological polar surface area (TPSA) is 77.3 Å². The predicted octanol–water partition coefficient (Wildman–Crippen LogP) is 3.21. The molecule has 3 rings (SSSR count). The molecule has 0 aliphatic heterocycles. The number of nitrogens with one attached hydrogen (secondary N) is 1. The van der Waals surface area contributed by atoms with Gasteiger partial charge in [0.15, 0.2) is 0 Å². The smallest absolute Gasteiger partial charge is 0.246 e. The highest BCUT2D eigenvalue weighted by atomic mass is 19.1. The van der Waals surface area contributed by atoms with E-state index in [1.165, 1.54) is 18.2 Å². The van der Waals surface area contributed by atoms with Crippen molar-refractivity contribution in [1.82, 2.24) is 15.5 Å². The fraction of sp³-hybridized carbons (Fsp3) is 0.105. The van der Waals surface area contributed by atoms with Crippen LogP contribution in [0.15, 0.2) is 59.1 Å². The van der Waals surface area contributed by atoms with Crippen molar-refractivity contribution < 1.29 is 18.4 Å². The van der Waals surface area contributed by atoms with Crippen LogP contribution in [0, 0.1) is 5.82 Å². The van der Waals surface area contributed by atoms with Crippen molar-refractivity contribution in [3.63, 3.8) is 0 Å². The van der Waals surface area contributed by atoms with Gasteiger partial charge in [0.05, 0.1) is 13.7 Å². The van der Waals surface area contributed by atoms with Crippen molar-refractivity contribution >= 4 is 12.0 Å². The first-order valence-electron chi connectivity index (χ1n) is 7.82. The minimum absolute atomic E-state index is 0.101. The van der Waals surface area contributed by atoms with Crippen LogP contribution >= 0.6 is 0 Å². The number of hydrogen-bond acceptors (Lipinski definition) is 5. The summed E-state index contributed by atoms with van der Waals surface area (Å²) in [4.78, 5) is 16.1. The second-order valence-corrected chi connectivity index (χ2v) is 5.35. The molecular formula is C19H16FN3O3. The van der Waals surface area contributed by atoms with Crippen LogP contribution in [-0.4, -0.2) is 23.2 Å². The summed E-state index contributed by atoms with van der Waals surface area (Å²) >= 11 is 0. The Labute approximate surface area is 149 Å². The lowest BCUT2D eigenvalue weighted by atomic mass is 10.2. The number of aromatic nitrogens is 2. The molecule has 132 valence electrons. The first kappa shape index (κ1) is 17.3. The average molecular weight is 353 g/mol. The lowest BCUT2D eigenvalue weighted by Crippen LogP contribution is -2.20. The van der Waals surface area contributed by atoms with E-state index >= 15 is 0 Å². The third-order valence-electron chi connectivity index (χ3n) is 3.51. The summed E-state index contributed by atoms with van der Waals surface area (Å²) in [6.45, 7) is 0.101. The fourth-order valence-corrected chi connectivity index (χ4v) is 2.17. The molecule has 1 N–H and O–H groups in total. The number of carbonyl (C=O) groups excluding carboxylic acids is 1. The molecule has 1 aromatic heterocycles. The van der Waals surface area contributed by atoms with E-state index in [0.717, 1.165) is 11.1 Å². The monoisotopic (exact) mass is 353 g/mol. The summed E-state index contributed by atoms with van der Waals surface area (Å²) in [7, 11) is 1.58. The number of carbonyl (C=O) groups is 1. The molecule has 0 atom stereocenters. The van der Waals surface area contributed by atoms with Crippen LogP contribution in [0.1, 0.15) is 11.5 Å². The molecule has 6 nitrogen and oxygen atoms in total. The maximum atomic E-state index is 12.8. The minimum atomic E-state index is -0.324. The highest BCUT2D eigenvalue weighted by Gasteiger charge is 2.10. The molecule has 0 unspecified atom stereocenters. The van der Waals surface area contributed by atoms with Crippen LogP contribution in [0.2, 0.25) is 0 Å². The van der Waals surface area contributed by atoms with Crippen molar-refractivity contribution in [3.8, 4) is 17.1 Å². The van der Waals surface area contributed by atoms with Crippen LogP contribution in [0.5, 0.6) is 5.75 Å². The zero-order valence-electron chi connectivity index (χ0n) is 14.0. The van der Waals surface area contributed by atoms with Gasteiger partial charge in [-0.1, -0.05) is 29.4 Å². The molecule has 0 saturated heterocycles. The normalized spacial score (nSPS) is 10.8. The standard InChI is InChI=1S/C19H16FN3O3/c1-25-16-4-2-3-14(11-16)19-22-18(26-23-19)12-21-17(24)10-7-13-5-8-15(20)9-6-13/h2-11H,12H2,1H3,(H,21,24)/b10-7+. The molecular weight excluding hydrogens is 337 g/mol. The summed E-state index contributed by atoms with van der Waals surface area (Å²) in [5.74, 6) is 0.736. The Hall–Kier alpha value is -3.48. The maximum absolute atomic E-state index is 12.8. The molecule has 26 heavy (non-hydrogen) atoms. The molecule has 0 saturated carbocycles. The van der Waals surface area contributed by atoms with E-state index < -0.39 is 0 Å². The Morgan fingerprint density at radius 1 is 1.27 bits per heavy atom. The number of hydrogen-bond donors (Lipinski definition) is 1. The number of rotatable bonds is 6. The molecule has 0 spiro atoms. The molecule has 1 heterocycles. The summed E-state index contributed by atoms with van der Waals surface area (Å²) in [6.07, 6.45) is 2.94. The largest absolute Gasteiger partial charge is 0.497 e. The third kappa shape index (κ3) is 4.54. The zero-order valence-corrected chi connectivity index (χ0v) is 14.0. The second kappa shape index (κ2) is 8.06. The summed E-state index contributed by atoms with van der Waals surface area (Å²) in [6, 6.07) is 13.1. The van der Waals surface area contributed by atoms with Gasteiger partial charge in [-0.3, -0.25) is 4.79 Å². The van der Waals surface area contributed by atoms with E-state index in [-0.39, 0.29) is 24.2 Å². The Morgan fingerprint density at radius 2 is 2.08 bits per heavy atom. The van der Waals surface area contributed by atoms with Crippen LogP contribution in [0.4, 0.5) is 4.39 Å². The Bertz CT molecular complexity index is 920. The summed E-state index contributed by atoms with van der Waals surface area (Å²) in [5.41, 5.74) is 1.47. The molecule has 0 fully saturated rings. The van der Waals surface area contributed by atoms with Gasteiger partial charge in [-0.05, 0) is 35.9 Å². The third-order valence-corrected chi connectivity index (χ3v) is 3.51. The van der Waals surface area contributed by atoms with Gasteiger partial charge in [0.2, 0.25) is 17.6 Å². The van der Waals surface area contributed by atoms with E-state index in [0.29, 0.717) is 11.6 Å². The van der Waals surface area contributed by atoms with Crippen molar-refractivity contribution in [1.29, 1.82) is 0 Å². The minimum Gasteiger partial charge on any atom is -0.497 e. The van der Waals surface area contributed by atoms with Gasteiger partial charge in [0, 0.05) is 11.6 Å². The molecule has 2 aromatic carbocycles. The van der Waals surface area contributed by atoms with E-state index in [9.17, 15) is 9.18 Å². The SMILES string of the molecule is COc1cccc(-c2noc(CNC(=O)/C=C/c3ccc(F)cc3)n2)c1. The van der Waals surface area contributed by atoms with E-state index in [4.69, 9.17) is 9.26 Å². The van der Waals surface area contributed by atoms with Crippen molar-refractivity contribution in [2.45, 2.75) is 6.54 Å². The molecule has 0 bridgehead atoms. The highest BCUT2D eigenvalue weighted by molar-refractivity contribution is 5.91. The fourth-order valence-electron chi connectivity index (χ4n) is 2.17. The molecule has 1 amide bonds. The zero-order chi connectivity index (χ0) is 18.4. The van der Waals surface area contributed by atoms with Crippen molar-refractivity contribution in [2.75, 3.05) is 7.11 Å². The maximum Gasteiger partial charge on any atom is 0.246 e. The van der Waals surface area contributed by atoms with E-state index in [1.54, 1.807) is 31.4 Å². The Kier molecular flexibility index (Phi) is 5.38. The van der Waals surface area contributed by atoms with Crippen LogP contribution < -0.4 is 10.1 Å². The molecule has 7 heteroatoms. The number of benzene rings is 2.